The molecule has 2 atom stereocenters. The summed E-state index contributed by atoms with van der Waals surface area (Å²) in [4.78, 5) is 21.1. The maximum Gasteiger partial charge on any atom is 0.417 e. The number of alkyl halides is 3. The SMILES string of the molecule is C[C@H]1[C@@H](O)CN1C(=O)c1coc(COc2ncc(C(F)(F)F)cc2Cl)n1. The van der Waals surface area contributed by atoms with Crippen LogP contribution in [0.25, 0.3) is 0 Å². The number of aliphatic hydroxyl groups is 1. The third-order valence-corrected chi connectivity index (χ3v) is 4.20. The molecular formula is C15H13ClF3N3O4. The van der Waals surface area contributed by atoms with Crippen LogP contribution in [0.15, 0.2) is 22.9 Å². The van der Waals surface area contributed by atoms with Gasteiger partial charge >= 0.3 is 6.18 Å². The summed E-state index contributed by atoms with van der Waals surface area (Å²) in [6.07, 6.45) is -3.39. The largest absolute Gasteiger partial charge is 0.467 e. The zero-order chi connectivity index (χ0) is 19.1. The Morgan fingerprint density at radius 1 is 1.54 bits per heavy atom. The maximum absolute atomic E-state index is 12.6. The molecule has 1 fully saturated rings. The van der Waals surface area contributed by atoms with Crippen molar-refractivity contribution in [3.8, 4) is 5.88 Å². The summed E-state index contributed by atoms with van der Waals surface area (Å²) in [5, 5.41) is 9.13. The van der Waals surface area contributed by atoms with Gasteiger partial charge in [-0.2, -0.15) is 13.2 Å². The molecule has 1 amide bonds. The van der Waals surface area contributed by atoms with Gasteiger partial charge in [-0.05, 0) is 13.0 Å². The minimum Gasteiger partial charge on any atom is -0.467 e. The average molecular weight is 392 g/mol. The van der Waals surface area contributed by atoms with E-state index in [0.717, 1.165) is 6.26 Å². The van der Waals surface area contributed by atoms with Crippen molar-refractivity contribution in [3.63, 3.8) is 0 Å². The quantitative estimate of drug-likeness (QED) is 0.861. The summed E-state index contributed by atoms with van der Waals surface area (Å²) < 4.78 is 48.0. The van der Waals surface area contributed by atoms with Gasteiger partial charge in [0.25, 0.3) is 5.91 Å². The van der Waals surface area contributed by atoms with Crippen LogP contribution in [-0.2, 0) is 12.8 Å². The third kappa shape index (κ3) is 3.61. The number of likely N-dealkylation sites (tertiary alicyclic amines) is 1. The van der Waals surface area contributed by atoms with Crippen molar-refractivity contribution >= 4 is 17.5 Å². The Morgan fingerprint density at radius 3 is 2.85 bits per heavy atom. The van der Waals surface area contributed by atoms with E-state index in [1.165, 1.54) is 4.90 Å². The number of ether oxygens (including phenoxy) is 1. The molecular weight excluding hydrogens is 379 g/mol. The van der Waals surface area contributed by atoms with Crippen LogP contribution in [0.5, 0.6) is 5.88 Å². The molecule has 1 aliphatic rings. The molecule has 0 aliphatic carbocycles. The molecule has 1 aliphatic heterocycles. The van der Waals surface area contributed by atoms with Crippen molar-refractivity contribution in [3.05, 3.63) is 40.7 Å². The molecule has 2 aromatic heterocycles. The molecule has 3 rings (SSSR count). The first-order chi connectivity index (χ1) is 12.2. The van der Waals surface area contributed by atoms with Crippen molar-refractivity contribution in [1.82, 2.24) is 14.9 Å². The Balaban J connectivity index is 1.63. The normalized spacial score (nSPS) is 20.0. The Morgan fingerprint density at radius 2 is 2.27 bits per heavy atom. The van der Waals surface area contributed by atoms with Crippen LogP contribution in [0, 0.1) is 0 Å². The number of nitrogens with zero attached hydrogens (tertiary/aromatic N) is 3. The van der Waals surface area contributed by atoms with E-state index in [2.05, 4.69) is 9.97 Å². The highest BCUT2D eigenvalue weighted by Crippen LogP contribution is 2.33. The summed E-state index contributed by atoms with van der Waals surface area (Å²) in [5.41, 5.74) is -0.960. The second kappa shape index (κ2) is 6.76. The van der Waals surface area contributed by atoms with E-state index in [-0.39, 0.29) is 41.7 Å². The lowest BCUT2D eigenvalue weighted by Gasteiger charge is -2.42. The molecule has 0 bridgehead atoms. The van der Waals surface area contributed by atoms with Crippen molar-refractivity contribution in [2.45, 2.75) is 31.9 Å². The van der Waals surface area contributed by atoms with E-state index in [1.807, 2.05) is 0 Å². The van der Waals surface area contributed by atoms with Crippen LogP contribution in [-0.4, -0.2) is 44.6 Å². The minimum atomic E-state index is -4.56. The van der Waals surface area contributed by atoms with Gasteiger partial charge in [-0.3, -0.25) is 4.79 Å². The van der Waals surface area contributed by atoms with E-state index in [4.69, 9.17) is 20.8 Å². The monoisotopic (exact) mass is 391 g/mol. The topological polar surface area (TPSA) is 88.7 Å². The van der Waals surface area contributed by atoms with Gasteiger partial charge in [0.2, 0.25) is 11.8 Å². The van der Waals surface area contributed by atoms with Crippen molar-refractivity contribution in [1.29, 1.82) is 0 Å². The smallest absolute Gasteiger partial charge is 0.417 e. The molecule has 1 saturated heterocycles. The fourth-order valence-electron chi connectivity index (χ4n) is 2.30. The molecule has 11 heteroatoms. The van der Waals surface area contributed by atoms with E-state index in [0.29, 0.717) is 12.3 Å². The summed E-state index contributed by atoms with van der Waals surface area (Å²) in [6, 6.07) is 0.388. The van der Waals surface area contributed by atoms with Gasteiger partial charge in [-0.15, -0.1) is 0 Å². The van der Waals surface area contributed by atoms with E-state index in [1.54, 1.807) is 6.92 Å². The summed E-state index contributed by atoms with van der Waals surface area (Å²) in [7, 11) is 0. The van der Waals surface area contributed by atoms with Crippen molar-refractivity contribution in [2.24, 2.45) is 0 Å². The van der Waals surface area contributed by atoms with Crippen LogP contribution < -0.4 is 4.74 Å². The van der Waals surface area contributed by atoms with Gasteiger partial charge in [-0.1, -0.05) is 11.6 Å². The Kier molecular flexibility index (Phi) is 4.80. The zero-order valence-corrected chi connectivity index (χ0v) is 14.1. The number of oxazole rings is 1. The number of carbonyl (C=O) groups is 1. The molecule has 0 radical (unpaired) electrons. The molecule has 0 unspecified atom stereocenters. The van der Waals surface area contributed by atoms with Crippen LogP contribution in [0.2, 0.25) is 5.02 Å². The zero-order valence-electron chi connectivity index (χ0n) is 13.3. The molecule has 0 aromatic carbocycles. The number of hydrogen-bond donors (Lipinski definition) is 1. The molecule has 0 saturated carbocycles. The summed E-state index contributed by atoms with van der Waals surface area (Å²) in [6.45, 7) is 1.64. The summed E-state index contributed by atoms with van der Waals surface area (Å²) >= 11 is 5.73. The first-order valence-electron chi connectivity index (χ1n) is 7.46. The third-order valence-electron chi connectivity index (χ3n) is 3.93. The van der Waals surface area contributed by atoms with Gasteiger partial charge in [0.05, 0.1) is 17.7 Å². The average Bonchev–Trinajstić information content (AvgIpc) is 3.05. The number of amides is 1. The number of carbonyl (C=O) groups excluding carboxylic acids is 1. The van der Waals surface area contributed by atoms with Crippen LogP contribution in [0.4, 0.5) is 13.2 Å². The number of hydrogen-bond acceptors (Lipinski definition) is 6. The molecule has 2 aromatic rings. The van der Waals surface area contributed by atoms with Gasteiger partial charge in [0.15, 0.2) is 12.3 Å². The summed E-state index contributed by atoms with van der Waals surface area (Å²) in [5.74, 6) is -0.589. The Hall–Kier alpha value is -2.33. The molecule has 0 spiro atoms. The number of aromatic nitrogens is 2. The Bertz CT molecular complexity index is 827. The number of aliphatic hydroxyl groups excluding tert-OH is 1. The lowest BCUT2D eigenvalue weighted by atomic mass is 10.0. The van der Waals surface area contributed by atoms with Crippen LogP contribution in [0.1, 0.15) is 28.9 Å². The number of rotatable bonds is 4. The highest BCUT2D eigenvalue weighted by Gasteiger charge is 2.38. The van der Waals surface area contributed by atoms with Crippen LogP contribution in [0.3, 0.4) is 0 Å². The molecule has 7 nitrogen and oxygen atoms in total. The Labute approximate surface area is 150 Å². The predicted molar refractivity (Wildman–Crippen MR) is 81.6 cm³/mol. The molecule has 1 N–H and O–H groups in total. The maximum atomic E-state index is 12.6. The molecule has 26 heavy (non-hydrogen) atoms. The number of pyridine rings is 1. The highest BCUT2D eigenvalue weighted by molar-refractivity contribution is 6.31. The second-order valence-electron chi connectivity index (χ2n) is 5.69. The minimum absolute atomic E-state index is 0.0276. The van der Waals surface area contributed by atoms with Gasteiger partial charge in [0.1, 0.15) is 11.3 Å². The number of β-amino-alcohol motifs (C(OH)–C–C–N with tert-alkyl or cyclic N) is 1. The molecule has 140 valence electrons. The lowest BCUT2D eigenvalue weighted by molar-refractivity contribution is -0.137. The highest BCUT2D eigenvalue weighted by atomic mass is 35.5. The fourth-order valence-corrected chi connectivity index (χ4v) is 2.52. The second-order valence-corrected chi connectivity index (χ2v) is 6.10. The lowest BCUT2D eigenvalue weighted by Crippen LogP contribution is -2.60. The van der Waals surface area contributed by atoms with E-state index >= 15 is 0 Å². The van der Waals surface area contributed by atoms with Crippen molar-refractivity contribution < 1.29 is 32.2 Å². The number of halogens is 4. The van der Waals surface area contributed by atoms with Gasteiger partial charge in [0, 0.05) is 12.7 Å². The van der Waals surface area contributed by atoms with E-state index in [9.17, 15) is 23.1 Å². The van der Waals surface area contributed by atoms with Gasteiger partial charge in [-0.25, -0.2) is 9.97 Å². The standard InChI is InChI=1S/C15H13ClF3N3O4/c1-7-11(23)4-22(7)14(24)10-5-25-12(21-10)6-26-13-9(16)2-8(3-20-13)15(17,18)19/h2-3,5,7,11,23H,4,6H2,1H3/t7-,11-/m0/s1. The first-order valence-corrected chi connectivity index (χ1v) is 7.83. The fraction of sp³-hybridized carbons (Fsp3) is 0.400. The van der Waals surface area contributed by atoms with Crippen molar-refractivity contribution in [2.75, 3.05) is 6.54 Å². The van der Waals surface area contributed by atoms with Crippen LogP contribution >= 0.6 is 11.6 Å². The van der Waals surface area contributed by atoms with E-state index < -0.39 is 23.8 Å². The molecule has 3 heterocycles. The predicted octanol–water partition coefficient (Wildman–Crippen LogP) is 2.53. The first kappa shape index (κ1) is 18.5. The van der Waals surface area contributed by atoms with Gasteiger partial charge < -0.3 is 19.2 Å².